The number of unbranched alkanes of at least 4 members (excludes halogenated alkanes) is 1. The smallest absolute Gasteiger partial charge is 0.407 e. The fourth-order valence-electron chi connectivity index (χ4n) is 1.17. The zero-order valence-electron chi connectivity index (χ0n) is 10.0. The minimum atomic E-state index is -0.416. The van der Waals surface area contributed by atoms with E-state index in [0.717, 1.165) is 19.3 Å². The molecule has 0 aliphatic rings. The molecular formula is C11H24N2O4. The number of rotatable bonds is 6. The number of alkyl carbamates (subject to hydrolysis) is 2. The average molecular weight is 248 g/mol. The van der Waals surface area contributed by atoms with Gasteiger partial charge in [0.15, 0.2) is 0 Å². The van der Waals surface area contributed by atoms with Gasteiger partial charge in [0.25, 0.3) is 0 Å². The molecule has 0 aromatic rings. The van der Waals surface area contributed by atoms with Crippen LogP contribution in [0.1, 0.15) is 33.6 Å². The SMILES string of the molecule is C.COC(=O)NCCCCC(C)NC(=O)OC. The van der Waals surface area contributed by atoms with Crippen molar-refractivity contribution >= 4 is 12.2 Å². The second-order valence-corrected chi connectivity index (χ2v) is 3.45. The van der Waals surface area contributed by atoms with Crippen molar-refractivity contribution in [1.29, 1.82) is 0 Å². The Balaban J connectivity index is 0. The molecule has 1 atom stereocenters. The van der Waals surface area contributed by atoms with Crippen LogP contribution in [0.3, 0.4) is 0 Å². The number of nitrogens with one attached hydrogen (secondary N) is 2. The molecule has 0 aromatic heterocycles. The number of ether oxygens (including phenoxy) is 2. The van der Waals surface area contributed by atoms with Crippen molar-refractivity contribution in [2.24, 2.45) is 0 Å². The van der Waals surface area contributed by atoms with Gasteiger partial charge in [0.05, 0.1) is 14.2 Å². The number of hydrogen-bond acceptors (Lipinski definition) is 4. The maximum atomic E-state index is 10.8. The van der Waals surface area contributed by atoms with Crippen LogP contribution in [0.25, 0.3) is 0 Å². The highest BCUT2D eigenvalue weighted by Gasteiger charge is 2.06. The molecular weight excluding hydrogens is 224 g/mol. The molecule has 0 radical (unpaired) electrons. The highest BCUT2D eigenvalue weighted by molar-refractivity contribution is 5.67. The lowest BCUT2D eigenvalue weighted by atomic mass is 10.1. The van der Waals surface area contributed by atoms with Crippen molar-refractivity contribution < 1.29 is 19.1 Å². The Labute approximate surface area is 103 Å². The van der Waals surface area contributed by atoms with E-state index >= 15 is 0 Å². The van der Waals surface area contributed by atoms with Gasteiger partial charge in [-0.1, -0.05) is 7.43 Å². The number of carbonyl (C=O) groups is 2. The summed E-state index contributed by atoms with van der Waals surface area (Å²) in [6.45, 7) is 2.49. The molecule has 0 aliphatic carbocycles. The molecule has 2 N–H and O–H groups in total. The largest absolute Gasteiger partial charge is 0.453 e. The summed E-state index contributed by atoms with van der Waals surface area (Å²) in [6, 6.07) is 0.0746. The van der Waals surface area contributed by atoms with Gasteiger partial charge in [-0.2, -0.15) is 0 Å². The van der Waals surface area contributed by atoms with Crippen molar-refractivity contribution in [3.63, 3.8) is 0 Å². The van der Waals surface area contributed by atoms with Crippen LogP contribution in [0.5, 0.6) is 0 Å². The topological polar surface area (TPSA) is 76.7 Å². The molecule has 6 heteroatoms. The number of amides is 2. The zero-order chi connectivity index (χ0) is 12.4. The molecule has 0 saturated heterocycles. The van der Waals surface area contributed by atoms with E-state index in [-0.39, 0.29) is 13.5 Å². The standard InChI is InChI=1S/C10H20N2O4.CH4/c1-8(12-10(14)16-3)6-4-5-7-11-9(13)15-2;/h8H,4-7H2,1-3H3,(H,11,13)(H,12,14);1H4. The first kappa shape index (κ1) is 17.9. The van der Waals surface area contributed by atoms with Crippen LogP contribution in [-0.4, -0.2) is 39.0 Å². The minimum absolute atomic E-state index is 0. The molecule has 0 saturated carbocycles. The Bertz CT molecular complexity index is 222. The Morgan fingerprint density at radius 2 is 1.71 bits per heavy atom. The molecule has 1 unspecified atom stereocenters. The van der Waals surface area contributed by atoms with Gasteiger partial charge in [-0.25, -0.2) is 9.59 Å². The Morgan fingerprint density at radius 1 is 1.12 bits per heavy atom. The highest BCUT2D eigenvalue weighted by atomic mass is 16.5. The van der Waals surface area contributed by atoms with Crippen LogP contribution in [0.2, 0.25) is 0 Å². The van der Waals surface area contributed by atoms with E-state index in [0.29, 0.717) is 6.54 Å². The summed E-state index contributed by atoms with van der Waals surface area (Å²) >= 11 is 0. The third-order valence-corrected chi connectivity index (χ3v) is 2.07. The monoisotopic (exact) mass is 248 g/mol. The fraction of sp³-hybridized carbons (Fsp3) is 0.818. The summed E-state index contributed by atoms with van der Waals surface area (Å²) in [6.07, 6.45) is 1.77. The van der Waals surface area contributed by atoms with Crippen molar-refractivity contribution in [2.45, 2.75) is 39.7 Å². The minimum Gasteiger partial charge on any atom is -0.453 e. The second-order valence-electron chi connectivity index (χ2n) is 3.45. The quantitative estimate of drug-likeness (QED) is 0.704. The van der Waals surface area contributed by atoms with Gasteiger partial charge in [-0.05, 0) is 26.2 Å². The first-order valence-electron chi connectivity index (χ1n) is 5.26. The van der Waals surface area contributed by atoms with Crippen molar-refractivity contribution in [3.8, 4) is 0 Å². The number of methoxy groups -OCH3 is 2. The number of hydrogen-bond donors (Lipinski definition) is 2. The van der Waals surface area contributed by atoms with Gasteiger partial charge >= 0.3 is 12.2 Å². The molecule has 0 bridgehead atoms. The predicted molar refractivity (Wildman–Crippen MR) is 66.0 cm³/mol. The molecule has 0 aliphatic heterocycles. The average Bonchev–Trinajstić information content (AvgIpc) is 2.27. The van der Waals surface area contributed by atoms with Gasteiger partial charge < -0.3 is 20.1 Å². The van der Waals surface area contributed by atoms with Crippen LogP contribution in [0, 0.1) is 0 Å². The maximum absolute atomic E-state index is 10.8. The lowest BCUT2D eigenvalue weighted by molar-refractivity contribution is 0.166. The van der Waals surface area contributed by atoms with Crippen LogP contribution >= 0.6 is 0 Å². The molecule has 2 amide bonds. The Morgan fingerprint density at radius 3 is 2.24 bits per heavy atom. The Kier molecular flexibility index (Phi) is 11.6. The highest BCUT2D eigenvalue weighted by Crippen LogP contribution is 1.99. The summed E-state index contributed by atoms with van der Waals surface area (Å²) < 4.78 is 8.89. The summed E-state index contributed by atoms with van der Waals surface area (Å²) in [7, 11) is 2.67. The van der Waals surface area contributed by atoms with E-state index in [1.807, 2.05) is 6.92 Å². The first-order valence-corrected chi connectivity index (χ1v) is 5.26. The van der Waals surface area contributed by atoms with E-state index in [1.54, 1.807) is 0 Å². The molecule has 6 nitrogen and oxygen atoms in total. The van der Waals surface area contributed by atoms with Crippen LogP contribution in [0.4, 0.5) is 9.59 Å². The molecule has 0 fully saturated rings. The van der Waals surface area contributed by atoms with Crippen molar-refractivity contribution in [3.05, 3.63) is 0 Å². The maximum Gasteiger partial charge on any atom is 0.407 e. The normalized spacial score (nSPS) is 10.8. The molecule has 0 heterocycles. The summed E-state index contributed by atoms with van der Waals surface area (Å²) in [5.41, 5.74) is 0. The number of carbonyl (C=O) groups excluding carboxylic acids is 2. The van der Waals surface area contributed by atoms with E-state index in [2.05, 4.69) is 20.1 Å². The molecule has 17 heavy (non-hydrogen) atoms. The van der Waals surface area contributed by atoms with E-state index in [4.69, 9.17) is 0 Å². The van der Waals surface area contributed by atoms with E-state index in [9.17, 15) is 9.59 Å². The van der Waals surface area contributed by atoms with E-state index < -0.39 is 12.2 Å². The summed E-state index contributed by atoms with van der Waals surface area (Å²) in [5.74, 6) is 0. The summed E-state index contributed by atoms with van der Waals surface area (Å²) in [4.78, 5) is 21.5. The lowest BCUT2D eigenvalue weighted by Gasteiger charge is -2.12. The predicted octanol–water partition coefficient (Wildman–Crippen LogP) is 1.89. The second kappa shape index (κ2) is 11.0. The fourth-order valence-corrected chi connectivity index (χ4v) is 1.17. The first-order chi connectivity index (χ1) is 7.60. The van der Waals surface area contributed by atoms with Crippen LogP contribution < -0.4 is 10.6 Å². The van der Waals surface area contributed by atoms with Crippen LogP contribution in [0.15, 0.2) is 0 Å². The van der Waals surface area contributed by atoms with Crippen molar-refractivity contribution in [1.82, 2.24) is 10.6 Å². The molecule has 102 valence electrons. The summed E-state index contributed by atoms with van der Waals surface area (Å²) in [5, 5.41) is 5.25. The molecule has 0 aromatic carbocycles. The van der Waals surface area contributed by atoms with Gasteiger partial charge in [0.2, 0.25) is 0 Å². The van der Waals surface area contributed by atoms with Gasteiger partial charge in [0.1, 0.15) is 0 Å². The van der Waals surface area contributed by atoms with Gasteiger partial charge in [-0.15, -0.1) is 0 Å². The van der Waals surface area contributed by atoms with Gasteiger partial charge in [-0.3, -0.25) is 0 Å². The lowest BCUT2D eigenvalue weighted by Crippen LogP contribution is -2.32. The van der Waals surface area contributed by atoms with Crippen LogP contribution in [-0.2, 0) is 9.47 Å². The molecule has 0 spiro atoms. The third-order valence-electron chi connectivity index (χ3n) is 2.07. The molecule has 0 rings (SSSR count). The van der Waals surface area contributed by atoms with E-state index in [1.165, 1.54) is 14.2 Å². The Hall–Kier alpha value is -1.46. The third kappa shape index (κ3) is 10.8. The zero-order valence-corrected chi connectivity index (χ0v) is 10.0. The van der Waals surface area contributed by atoms with Gasteiger partial charge in [0, 0.05) is 12.6 Å². The van der Waals surface area contributed by atoms with Crippen molar-refractivity contribution in [2.75, 3.05) is 20.8 Å².